The molecular weight excluding hydrogens is 443 g/mol. The molecule has 1 unspecified atom stereocenters. The van der Waals surface area contributed by atoms with Crippen LogP contribution >= 0.6 is 0 Å². The fraction of sp³-hybridized carbons (Fsp3) is 0.458. The van der Waals surface area contributed by atoms with Crippen molar-refractivity contribution in [2.24, 2.45) is 5.92 Å². The SMILES string of the molecule is O=C(NCC1CCCN(Cc2ccccc2)C1)N1CCN(S(=O)(=O)c2cccc(F)c2)CC1. The third-order valence-electron chi connectivity index (χ3n) is 6.35. The minimum Gasteiger partial charge on any atom is -0.338 e. The normalized spacial score (nSPS) is 20.5. The van der Waals surface area contributed by atoms with Gasteiger partial charge in [0.15, 0.2) is 0 Å². The predicted octanol–water partition coefficient (Wildman–Crippen LogP) is 2.75. The van der Waals surface area contributed by atoms with Crippen LogP contribution in [0.3, 0.4) is 0 Å². The van der Waals surface area contributed by atoms with Gasteiger partial charge in [0.25, 0.3) is 0 Å². The van der Waals surface area contributed by atoms with E-state index in [1.54, 1.807) is 4.90 Å². The number of sulfonamides is 1. The summed E-state index contributed by atoms with van der Waals surface area (Å²) in [6, 6.07) is 15.3. The van der Waals surface area contributed by atoms with Crippen LogP contribution in [-0.4, -0.2) is 74.4 Å². The number of urea groups is 1. The van der Waals surface area contributed by atoms with E-state index in [4.69, 9.17) is 0 Å². The minimum atomic E-state index is -3.77. The van der Waals surface area contributed by atoms with E-state index in [-0.39, 0.29) is 24.0 Å². The summed E-state index contributed by atoms with van der Waals surface area (Å²) in [5.74, 6) is -0.180. The Morgan fingerprint density at radius 1 is 1.00 bits per heavy atom. The summed E-state index contributed by atoms with van der Waals surface area (Å²) in [6.45, 7) is 4.58. The quantitative estimate of drug-likeness (QED) is 0.699. The van der Waals surface area contributed by atoms with Gasteiger partial charge in [0, 0.05) is 45.8 Å². The zero-order valence-corrected chi connectivity index (χ0v) is 19.5. The fourth-order valence-electron chi connectivity index (χ4n) is 4.55. The monoisotopic (exact) mass is 474 g/mol. The summed E-state index contributed by atoms with van der Waals surface area (Å²) in [5, 5.41) is 3.04. The first-order valence-electron chi connectivity index (χ1n) is 11.5. The number of piperidine rings is 1. The predicted molar refractivity (Wildman–Crippen MR) is 125 cm³/mol. The van der Waals surface area contributed by atoms with Crippen molar-refractivity contribution in [2.75, 3.05) is 45.8 Å². The molecule has 1 atom stereocenters. The van der Waals surface area contributed by atoms with E-state index >= 15 is 0 Å². The van der Waals surface area contributed by atoms with Crippen molar-refractivity contribution >= 4 is 16.1 Å². The number of piperazine rings is 1. The standard InChI is InChI=1S/C24H31FN4O3S/c25-22-9-4-10-23(16-22)33(31,32)29-14-12-28(13-15-29)24(30)26-17-21-8-5-11-27(19-21)18-20-6-2-1-3-7-20/h1-4,6-7,9-10,16,21H,5,8,11-15,17-19H2,(H,26,30). The zero-order chi connectivity index (χ0) is 23.3. The first-order chi connectivity index (χ1) is 15.9. The molecular formula is C24H31FN4O3S. The highest BCUT2D eigenvalue weighted by atomic mass is 32.2. The minimum absolute atomic E-state index is 0.0576. The van der Waals surface area contributed by atoms with E-state index in [0.717, 1.165) is 38.5 Å². The molecule has 2 saturated heterocycles. The lowest BCUT2D eigenvalue weighted by Crippen LogP contribution is -2.54. The third-order valence-corrected chi connectivity index (χ3v) is 8.25. The molecule has 0 bridgehead atoms. The molecule has 9 heteroatoms. The summed E-state index contributed by atoms with van der Waals surface area (Å²) >= 11 is 0. The van der Waals surface area contributed by atoms with Crippen LogP contribution in [0.4, 0.5) is 9.18 Å². The van der Waals surface area contributed by atoms with Crippen LogP contribution in [0.15, 0.2) is 59.5 Å². The topological polar surface area (TPSA) is 73.0 Å². The molecule has 33 heavy (non-hydrogen) atoms. The van der Waals surface area contributed by atoms with Gasteiger partial charge >= 0.3 is 6.03 Å². The molecule has 2 fully saturated rings. The first-order valence-corrected chi connectivity index (χ1v) is 12.9. The lowest BCUT2D eigenvalue weighted by atomic mass is 9.97. The molecule has 4 rings (SSSR count). The number of carbonyl (C=O) groups is 1. The van der Waals surface area contributed by atoms with Gasteiger partial charge in [-0.2, -0.15) is 4.31 Å². The van der Waals surface area contributed by atoms with E-state index in [1.807, 2.05) is 6.07 Å². The Morgan fingerprint density at radius 3 is 2.48 bits per heavy atom. The fourth-order valence-corrected chi connectivity index (χ4v) is 6.01. The Hall–Kier alpha value is -2.49. The number of hydrogen-bond acceptors (Lipinski definition) is 4. The van der Waals surface area contributed by atoms with Crippen LogP contribution in [0.2, 0.25) is 0 Å². The maximum Gasteiger partial charge on any atom is 0.317 e. The Kier molecular flexibility index (Phi) is 7.62. The number of benzene rings is 2. The Morgan fingerprint density at radius 2 is 1.76 bits per heavy atom. The number of amides is 2. The summed E-state index contributed by atoms with van der Waals surface area (Å²) in [4.78, 5) is 16.7. The smallest absolute Gasteiger partial charge is 0.317 e. The van der Waals surface area contributed by atoms with Gasteiger partial charge in [-0.3, -0.25) is 4.90 Å². The number of carbonyl (C=O) groups excluding carboxylic acids is 1. The molecule has 2 amide bonds. The van der Waals surface area contributed by atoms with Crippen molar-refractivity contribution in [3.63, 3.8) is 0 Å². The molecule has 0 aliphatic carbocycles. The van der Waals surface area contributed by atoms with Gasteiger partial charge in [-0.05, 0) is 49.1 Å². The lowest BCUT2D eigenvalue weighted by molar-refractivity contribution is 0.152. The van der Waals surface area contributed by atoms with Crippen LogP contribution in [0, 0.1) is 11.7 Å². The van der Waals surface area contributed by atoms with Crippen molar-refractivity contribution in [2.45, 2.75) is 24.3 Å². The molecule has 0 spiro atoms. The molecule has 2 heterocycles. The van der Waals surface area contributed by atoms with Crippen molar-refractivity contribution < 1.29 is 17.6 Å². The molecule has 0 saturated carbocycles. The van der Waals surface area contributed by atoms with E-state index < -0.39 is 15.8 Å². The molecule has 7 nitrogen and oxygen atoms in total. The zero-order valence-electron chi connectivity index (χ0n) is 18.7. The highest BCUT2D eigenvalue weighted by Gasteiger charge is 2.30. The lowest BCUT2D eigenvalue weighted by Gasteiger charge is -2.35. The largest absolute Gasteiger partial charge is 0.338 e. The van der Waals surface area contributed by atoms with Crippen molar-refractivity contribution in [3.8, 4) is 0 Å². The molecule has 2 aliphatic rings. The molecule has 0 radical (unpaired) electrons. The van der Waals surface area contributed by atoms with E-state index in [2.05, 4.69) is 34.5 Å². The highest BCUT2D eigenvalue weighted by Crippen LogP contribution is 2.20. The second-order valence-corrected chi connectivity index (χ2v) is 10.7. The number of rotatable bonds is 6. The summed E-state index contributed by atoms with van der Waals surface area (Å²) in [5.41, 5.74) is 1.30. The number of halogens is 1. The van der Waals surface area contributed by atoms with Crippen molar-refractivity contribution in [1.82, 2.24) is 19.4 Å². The average molecular weight is 475 g/mol. The van der Waals surface area contributed by atoms with Gasteiger partial charge in [0.1, 0.15) is 5.82 Å². The number of likely N-dealkylation sites (tertiary alicyclic amines) is 1. The van der Waals surface area contributed by atoms with E-state index in [9.17, 15) is 17.6 Å². The third kappa shape index (κ3) is 6.10. The van der Waals surface area contributed by atoms with Crippen LogP contribution in [0.5, 0.6) is 0 Å². The number of nitrogens with one attached hydrogen (secondary N) is 1. The van der Waals surface area contributed by atoms with Crippen molar-refractivity contribution in [3.05, 3.63) is 66.0 Å². The molecule has 1 N–H and O–H groups in total. The van der Waals surface area contributed by atoms with Gasteiger partial charge < -0.3 is 10.2 Å². The maximum atomic E-state index is 13.5. The average Bonchev–Trinajstić information content (AvgIpc) is 2.83. The Bertz CT molecular complexity index is 1040. The van der Waals surface area contributed by atoms with Gasteiger partial charge in [0.05, 0.1) is 4.90 Å². The second-order valence-electron chi connectivity index (χ2n) is 8.76. The summed E-state index contributed by atoms with van der Waals surface area (Å²) < 4.78 is 40.3. The van der Waals surface area contributed by atoms with E-state index in [0.29, 0.717) is 25.6 Å². The molecule has 0 aromatic heterocycles. The molecule has 2 aliphatic heterocycles. The maximum absolute atomic E-state index is 13.5. The van der Waals surface area contributed by atoms with Crippen LogP contribution in [-0.2, 0) is 16.6 Å². The highest BCUT2D eigenvalue weighted by molar-refractivity contribution is 7.89. The number of nitrogens with zero attached hydrogens (tertiary/aromatic N) is 3. The van der Waals surface area contributed by atoms with Crippen LogP contribution in [0.25, 0.3) is 0 Å². The summed E-state index contributed by atoms with van der Waals surface area (Å²) in [6.07, 6.45) is 2.20. The van der Waals surface area contributed by atoms with Crippen LogP contribution < -0.4 is 5.32 Å². The van der Waals surface area contributed by atoms with Gasteiger partial charge in [0.2, 0.25) is 10.0 Å². The Balaban J connectivity index is 1.23. The van der Waals surface area contributed by atoms with Crippen molar-refractivity contribution in [1.29, 1.82) is 0 Å². The molecule has 178 valence electrons. The second kappa shape index (κ2) is 10.6. The van der Waals surface area contributed by atoms with Gasteiger partial charge in [-0.15, -0.1) is 0 Å². The Labute approximate surface area is 195 Å². The van der Waals surface area contributed by atoms with E-state index in [1.165, 1.54) is 28.1 Å². The van der Waals surface area contributed by atoms with Crippen LogP contribution in [0.1, 0.15) is 18.4 Å². The van der Waals surface area contributed by atoms with Gasteiger partial charge in [-0.25, -0.2) is 17.6 Å². The number of hydrogen-bond donors (Lipinski definition) is 1. The molecule has 2 aromatic rings. The first kappa shape index (κ1) is 23.7. The summed E-state index contributed by atoms with van der Waals surface area (Å²) in [7, 11) is -3.77. The molecule has 2 aromatic carbocycles. The van der Waals surface area contributed by atoms with Gasteiger partial charge in [-0.1, -0.05) is 36.4 Å².